The molecule has 0 aliphatic carbocycles. The second-order valence-corrected chi connectivity index (χ2v) is 4.75. The van der Waals surface area contributed by atoms with Crippen molar-refractivity contribution >= 4 is 17.4 Å². The highest BCUT2D eigenvalue weighted by atomic mass is 35.5. The van der Waals surface area contributed by atoms with Crippen molar-refractivity contribution < 1.29 is 0 Å². The summed E-state index contributed by atoms with van der Waals surface area (Å²) in [5.74, 6) is 0.534. The Morgan fingerprint density at radius 1 is 0.941 bits per heavy atom. The molecule has 2 aromatic rings. The summed E-state index contributed by atoms with van der Waals surface area (Å²) in [4.78, 5) is 4.13. The van der Waals surface area contributed by atoms with Gasteiger partial charge in [-0.25, -0.2) is 4.98 Å². The lowest BCUT2D eigenvalue weighted by atomic mass is 9.98. The molecule has 1 aromatic heterocycles. The summed E-state index contributed by atoms with van der Waals surface area (Å²) in [5.41, 5.74) is 11.2. The number of benzene rings is 1. The van der Waals surface area contributed by atoms with Gasteiger partial charge in [-0.2, -0.15) is 0 Å². The molecule has 0 aliphatic rings. The topological polar surface area (TPSA) is 38.9 Å². The normalized spacial score (nSPS) is 10.6. The molecule has 0 atom stereocenters. The minimum absolute atomic E-state index is 0.534. The number of aryl methyl sites for hydroxylation is 3. The zero-order valence-corrected chi connectivity index (χ0v) is 11.0. The van der Waals surface area contributed by atoms with Crippen molar-refractivity contribution in [2.75, 3.05) is 5.73 Å². The fraction of sp³-hybridized carbons (Fsp3) is 0.214. The van der Waals surface area contributed by atoms with Crippen LogP contribution in [-0.2, 0) is 0 Å². The Morgan fingerprint density at radius 2 is 1.59 bits per heavy atom. The van der Waals surface area contributed by atoms with E-state index >= 15 is 0 Å². The first-order chi connectivity index (χ1) is 7.99. The molecule has 1 aromatic carbocycles. The second-order valence-electron chi connectivity index (χ2n) is 4.34. The van der Waals surface area contributed by atoms with E-state index < -0.39 is 0 Å². The van der Waals surface area contributed by atoms with Crippen LogP contribution < -0.4 is 5.73 Å². The van der Waals surface area contributed by atoms with Crippen molar-refractivity contribution in [1.82, 2.24) is 4.98 Å². The van der Waals surface area contributed by atoms with Gasteiger partial charge in [0, 0.05) is 22.3 Å². The molecular formula is C14H15ClN2. The van der Waals surface area contributed by atoms with E-state index in [0.29, 0.717) is 5.82 Å². The third kappa shape index (κ3) is 2.27. The predicted molar refractivity (Wildman–Crippen MR) is 73.3 cm³/mol. The van der Waals surface area contributed by atoms with Gasteiger partial charge < -0.3 is 5.73 Å². The molecule has 0 radical (unpaired) electrons. The quantitative estimate of drug-likeness (QED) is 0.829. The maximum absolute atomic E-state index is 6.29. The number of halogens is 1. The molecule has 0 aliphatic heterocycles. The first kappa shape index (κ1) is 11.9. The summed E-state index contributed by atoms with van der Waals surface area (Å²) in [7, 11) is 0. The Hall–Kier alpha value is -1.54. The van der Waals surface area contributed by atoms with Gasteiger partial charge in [-0.05, 0) is 55.7 Å². The SMILES string of the molecule is Cc1cc(Cl)c(-c2cnc(N)cc2C)cc1C. The minimum Gasteiger partial charge on any atom is -0.384 e. The van der Waals surface area contributed by atoms with Crippen LogP contribution in [0.2, 0.25) is 5.02 Å². The Labute approximate surface area is 106 Å². The van der Waals surface area contributed by atoms with Crippen LogP contribution in [0.1, 0.15) is 16.7 Å². The van der Waals surface area contributed by atoms with Gasteiger partial charge in [0.15, 0.2) is 0 Å². The van der Waals surface area contributed by atoms with Gasteiger partial charge in [0.2, 0.25) is 0 Å². The van der Waals surface area contributed by atoms with Crippen LogP contribution in [0.25, 0.3) is 11.1 Å². The molecule has 0 saturated carbocycles. The summed E-state index contributed by atoms with van der Waals surface area (Å²) in [5, 5.41) is 0.753. The molecule has 3 heteroatoms. The number of rotatable bonds is 1. The summed E-state index contributed by atoms with van der Waals surface area (Å²) >= 11 is 6.29. The van der Waals surface area contributed by atoms with Crippen LogP contribution in [0.5, 0.6) is 0 Å². The van der Waals surface area contributed by atoms with E-state index in [1.807, 2.05) is 19.1 Å². The number of aromatic nitrogens is 1. The van der Waals surface area contributed by atoms with Gasteiger partial charge in [-0.1, -0.05) is 11.6 Å². The summed E-state index contributed by atoms with van der Waals surface area (Å²) < 4.78 is 0. The Kier molecular flexibility index (Phi) is 3.07. The number of nitrogen functional groups attached to an aromatic ring is 1. The Balaban J connectivity index is 2.64. The largest absolute Gasteiger partial charge is 0.384 e. The molecule has 0 amide bonds. The molecule has 0 unspecified atom stereocenters. The lowest BCUT2D eigenvalue weighted by Gasteiger charge is -2.11. The number of pyridine rings is 1. The predicted octanol–water partition coefficient (Wildman–Crippen LogP) is 3.91. The van der Waals surface area contributed by atoms with Gasteiger partial charge >= 0.3 is 0 Å². The van der Waals surface area contributed by atoms with Gasteiger partial charge in [0.1, 0.15) is 5.82 Å². The standard InChI is InChI=1S/C14H15ClN2/c1-8-4-11(13(15)5-9(8)2)12-7-17-14(16)6-10(12)3/h4-7H,1-3H3,(H2,16,17). The van der Waals surface area contributed by atoms with Crippen LogP contribution in [0.3, 0.4) is 0 Å². The van der Waals surface area contributed by atoms with E-state index in [9.17, 15) is 0 Å². The first-order valence-electron chi connectivity index (χ1n) is 5.48. The van der Waals surface area contributed by atoms with Crippen molar-refractivity contribution in [2.24, 2.45) is 0 Å². The first-order valence-corrected chi connectivity index (χ1v) is 5.86. The van der Waals surface area contributed by atoms with Gasteiger partial charge in [0.25, 0.3) is 0 Å². The number of anilines is 1. The van der Waals surface area contributed by atoms with Crippen molar-refractivity contribution in [3.8, 4) is 11.1 Å². The zero-order chi connectivity index (χ0) is 12.6. The second kappa shape index (κ2) is 4.38. The lowest BCUT2D eigenvalue weighted by Crippen LogP contribution is -1.94. The zero-order valence-electron chi connectivity index (χ0n) is 10.2. The van der Waals surface area contributed by atoms with Crippen molar-refractivity contribution in [2.45, 2.75) is 20.8 Å². The van der Waals surface area contributed by atoms with E-state index in [2.05, 4.69) is 24.9 Å². The molecule has 2 rings (SSSR count). The highest BCUT2D eigenvalue weighted by molar-refractivity contribution is 6.33. The molecule has 2 N–H and O–H groups in total. The highest BCUT2D eigenvalue weighted by Gasteiger charge is 2.09. The smallest absolute Gasteiger partial charge is 0.123 e. The van der Waals surface area contributed by atoms with E-state index in [1.165, 1.54) is 11.1 Å². The molecular weight excluding hydrogens is 232 g/mol. The van der Waals surface area contributed by atoms with E-state index in [-0.39, 0.29) is 0 Å². The van der Waals surface area contributed by atoms with Crippen molar-refractivity contribution in [1.29, 1.82) is 0 Å². The van der Waals surface area contributed by atoms with Gasteiger partial charge in [0.05, 0.1) is 0 Å². The van der Waals surface area contributed by atoms with Crippen molar-refractivity contribution in [3.05, 3.63) is 46.1 Å². The van der Waals surface area contributed by atoms with E-state index in [0.717, 1.165) is 21.7 Å². The van der Waals surface area contributed by atoms with Crippen LogP contribution in [0, 0.1) is 20.8 Å². The maximum Gasteiger partial charge on any atom is 0.123 e. The molecule has 88 valence electrons. The number of nitrogens with zero attached hydrogens (tertiary/aromatic N) is 1. The molecule has 2 nitrogen and oxygen atoms in total. The highest BCUT2D eigenvalue weighted by Crippen LogP contribution is 2.32. The minimum atomic E-state index is 0.534. The summed E-state index contributed by atoms with van der Waals surface area (Å²) in [6.07, 6.45) is 1.78. The van der Waals surface area contributed by atoms with Crippen molar-refractivity contribution in [3.63, 3.8) is 0 Å². The average molecular weight is 247 g/mol. The molecule has 17 heavy (non-hydrogen) atoms. The fourth-order valence-electron chi connectivity index (χ4n) is 1.85. The number of hydrogen-bond acceptors (Lipinski definition) is 2. The van der Waals surface area contributed by atoms with Crippen LogP contribution in [0.4, 0.5) is 5.82 Å². The molecule has 0 spiro atoms. The summed E-state index contributed by atoms with van der Waals surface area (Å²) in [6.45, 7) is 6.15. The molecule has 0 saturated heterocycles. The molecule has 1 heterocycles. The lowest BCUT2D eigenvalue weighted by molar-refractivity contribution is 1.28. The Bertz CT molecular complexity index is 577. The van der Waals surface area contributed by atoms with E-state index in [4.69, 9.17) is 17.3 Å². The molecule has 0 fully saturated rings. The fourth-order valence-corrected chi connectivity index (χ4v) is 2.17. The van der Waals surface area contributed by atoms with Crippen LogP contribution in [0.15, 0.2) is 24.4 Å². The monoisotopic (exact) mass is 246 g/mol. The van der Waals surface area contributed by atoms with E-state index in [1.54, 1.807) is 6.20 Å². The third-order valence-electron chi connectivity index (χ3n) is 3.01. The average Bonchev–Trinajstić information content (AvgIpc) is 2.24. The van der Waals surface area contributed by atoms with Gasteiger partial charge in [-0.15, -0.1) is 0 Å². The molecule has 0 bridgehead atoms. The van der Waals surface area contributed by atoms with Gasteiger partial charge in [-0.3, -0.25) is 0 Å². The summed E-state index contributed by atoms with van der Waals surface area (Å²) in [6, 6.07) is 5.95. The third-order valence-corrected chi connectivity index (χ3v) is 3.32. The Morgan fingerprint density at radius 3 is 2.24 bits per heavy atom. The maximum atomic E-state index is 6.29. The number of nitrogens with two attached hydrogens (primary N) is 1. The number of hydrogen-bond donors (Lipinski definition) is 1. The van der Waals surface area contributed by atoms with Crippen LogP contribution >= 0.6 is 11.6 Å². The van der Waals surface area contributed by atoms with Crippen LogP contribution in [-0.4, -0.2) is 4.98 Å².